The molecule has 8 nitrogen and oxygen atoms in total. The highest BCUT2D eigenvalue weighted by atomic mass is 16.5. The number of hydrogen-bond acceptors (Lipinski definition) is 8. The lowest BCUT2D eigenvalue weighted by Crippen LogP contribution is -2.59. The predicted molar refractivity (Wildman–Crippen MR) is 98.7 cm³/mol. The minimum atomic E-state index is -0.844. The molecule has 3 aliphatic heterocycles. The summed E-state index contributed by atoms with van der Waals surface area (Å²) < 4.78 is 17.2. The summed E-state index contributed by atoms with van der Waals surface area (Å²) in [7, 11) is -0.844. The van der Waals surface area contributed by atoms with E-state index in [9.17, 15) is 15.2 Å². The van der Waals surface area contributed by atoms with Gasteiger partial charge in [0, 0.05) is 32.6 Å². The maximum Gasteiger partial charge on any atom is 0.522 e. The lowest BCUT2D eigenvalue weighted by atomic mass is 9.78. The van der Waals surface area contributed by atoms with Gasteiger partial charge in [-0.15, -0.1) is 0 Å². The van der Waals surface area contributed by atoms with Crippen molar-refractivity contribution in [3.8, 4) is 11.5 Å². The van der Waals surface area contributed by atoms with E-state index < -0.39 is 13.3 Å². The van der Waals surface area contributed by atoms with Crippen LogP contribution in [0.4, 0.5) is 0 Å². The number of hydrogen-bond donors (Lipinski definition) is 4. The van der Waals surface area contributed by atoms with Gasteiger partial charge in [-0.1, -0.05) is 6.07 Å². The van der Waals surface area contributed by atoms with E-state index in [0.29, 0.717) is 55.9 Å². The van der Waals surface area contributed by atoms with E-state index in [4.69, 9.17) is 14.1 Å². The zero-order valence-corrected chi connectivity index (χ0v) is 15.3. The van der Waals surface area contributed by atoms with Gasteiger partial charge in [-0.05, 0) is 24.4 Å². The Balaban J connectivity index is 1.32. The molecule has 27 heavy (non-hydrogen) atoms. The van der Waals surface area contributed by atoms with Gasteiger partial charge in [-0.25, -0.2) is 0 Å². The first-order chi connectivity index (χ1) is 13.1. The molecule has 3 aliphatic rings. The first-order valence-electron chi connectivity index (χ1n) is 9.65. The molecule has 1 aromatic carbocycles. The summed E-state index contributed by atoms with van der Waals surface area (Å²) in [5.41, 5.74) is 1.55. The van der Waals surface area contributed by atoms with Crippen LogP contribution in [0.5, 0.6) is 11.5 Å². The molecule has 4 rings (SSSR count). The second-order valence-electron chi connectivity index (χ2n) is 7.41. The summed E-state index contributed by atoms with van der Waals surface area (Å²) in [6.07, 6.45) is 1.28. The van der Waals surface area contributed by atoms with Crippen LogP contribution in [-0.2, 0) is 17.8 Å². The van der Waals surface area contributed by atoms with Gasteiger partial charge in [-0.3, -0.25) is 4.90 Å². The van der Waals surface area contributed by atoms with Crippen LogP contribution in [0.2, 0.25) is 6.32 Å². The topological polar surface area (TPSA) is 104 Å². The van der Waals surface area contributed by atoms with E-state index in [1.807, 2.05) is 17.0 Å². The van der Waals surface area contributed by atoms with Gasteiger partial charge < -0.3 is 34.7 Å². The Morgan fingerprint density at radius 1 is 1.37 bits per heavy atom. The molecule has 0 aromatic heterocycles. The number of aliphatic hydroxyl groups is 2. The number of aryl methyl sites for hydroxylation is 1. The van der Waals surface area contributed by atoms with Gasteiger partial charge in [0.15, 0.2) is 0 Å². The monoisotopic (exact) mass is 378 g/mol. The number of rotatable bonds is 6. The molecule has 148 valence electrons. The number of fused-ring (bicyclic) bond motifs is 1. The van der Waals surface area contributed by atoms with Crippen molar-refractivity contribution in [3.63, 3.8) is 0 Å². The maximum atomic E-state index is 10.4. The molecular weight excluding hydrogens is 351 g/mol. The van der Waals surface area contributed by atoms with Crippen molar-refractivity contribution in [2.75, 3.05) is 32.8 Å². The standard InChI is InChI=1S/C18H27BN2O6/c22-11-15-16(2-1-12-3-4-19(24)27-18(12)15)26-14-9-21(10-14)17(23)7-13-8-20-5-6-25-13/h1-2,13-14,17,20,22-24H,3-11H2. The molecule has 0 saturated carbocycles. The van der Waals surface area contributed by atoms with E-state index in [0.717, 1.165) is 18.7 Å². The smallest absolute Gasteiger partial charge is 0.522 e. The average molecular weight is 378 g/mol. The van der Waals surface area contributed by atoms with E-state index in [-0.39, 0.29) is 18.8 Å². The summed E-state index contributed by atoms with van der Waals surface area (Å²) in [6, 6.07) is 3.78. The van der Waals surface area contributed by atoms with Crippen molar-refractivity contribution < 1.29 is 29.4 Å². The van der Waals surface area contributed by atoms with Crippen LogP contribution in [0.25, 0.3) is 0 Å². The highest BCUT2D eigenvalue weighted by Gasteiger charge is 2.35. The molecular formula is C18H27BN2O6. The van der Waals surface area contributed by atoms with E-state index >= 15 is 0 Å². The van der Waals surface area contributed by atoms with Gasteiger partial charge in [0.05, 0.1) is 24.9 Å². The normalized spacial score (nSPS) is 24.7. The maximum absolute atomic E-state index is 10.4. The Morgan fingerprint density at radius 3 is 2.96 bits per heavy atom. The highest BCUT2D eigenvalue weighted by Crippen LogP contribution is 2.37. The molecule has 0 amide bonds. The Hall–Kier alpha value is -1.36. The van der Waals surface area contributed by atoms with Gasteiger partial charge >= 0.3 is 7.12 Å². The molecule has 0 bridgehead atoms. The summed E-state index contributed by atoms with van der Waals surface area (Å²) in [5, 5.41) is 33.2. The number of likely N-dealkylation sites (tertiary alicyclic amines) is 1. The third kappa shape index (κ3) is 4.23. The molecule has 2 atom stereocenters. The van der Waals surface area contributed by atoms with Crippen molar-refractivity contribution in [1.29, 1.82) is 0 Å². The number of nitrogens with zero attached hydrogens (tertiary/aromatic N) is 1. The van der Waals surface area contributed by atoms with E-state index in [1.54, 1.807) is 0 Å². The summed E-state index contributed by atoms with van der Waals surface area (Å²) in [5.74, 6) is 1.11. The van der Waals surface area contributed by atoms with Crippen LogP contribution in [-0.4, -0.2) is 78.5 Å². The van der Waals surface area contributed by atoms with Crippen molar-refractivity contribution >= 4 is 7.12 Å². The van der Waals surface area contributed by atoms with Crippen LogP contribution in [0.3, 0.4) is 0 Å². The fourth-order valence-corrected chi connectivity index (χ4v) is 3.86. The Morgan fingerprint density at radius 2 is 2.22 bits per heavy atom. The third-order valence-corrected chi connectivity index (χ3v) is 5.44. The molecule has 0 spiro atoms. The van der Waals surface area contributed by atoms with Gasteiger partial charge in [-0.2, -0.15) is 0 Å². The second-order valence-corrected chi connectivity index (χ2v) is 7.41. The lowest BCUT2D eigenvalue weighted by molar-refractivity contribution is -0.115. The molecule has 9 heteroatoms. The first kappa shape index (κ1) is 19.0. The number of benzene rings is 1. The van der Waals surface area contributed by atoms with Crippen molar-refractivity contribution in [3.05, 3.63) is 23.3 Å². The molecule has 3 heterocycles. The molecule has 2 unspecified atom stereocenters. The first-order valence-corrected chi connectivity index (χ1v) is 9.65. The zero-order chi connectivity index (χ0) is 18.8. The fourth-order valence-electron chi connectivity index (χ4n) is 3.86. The molecule has 0 aliphatic carbocycles. The summed E-state index contributed by atoms with van der Waals surface area (Å²) in [6.45, 7) is 3.34. The lowest BCUT2D eigenvalue weighted by Gasteiger charge is -2.43. The van der Waals surface area contributed by atoms with Crippen molar-refractivity contribution in [2.45, 2.75) is 44.2 Å². The minimum absolute atomic E-state index is 0.0407. The third-order valence-electron chi connectivity index (χ3n) is 5.44. The van der Waals surface area contributed by atoms with E-state index in [2.05, 4.69) is 5.32 Å². The average Bonchev–Trinajstić information content (AvgIpc) is 2.64. The van der Waals surface area contributed by atoms with Crippen molar-refractivity contribution in [2.24, 2.45) is 0 Å². The molecule has 4 N–H and O–H groups in total. The molecule has 2 saturated heterocycles. The van der Waals surface area contributed by atoms with Gasteiger partial charge in [0.1, 0.15) is 23.8 Å². The summed E-state index contributed by atoms with van der Waals surface area (Å²) >= 11 is 0. The quantitative estimate of drug-likeness (QED) is 0.485. The van der Waals surface area contributed by atoms with Crippen LogP contribution in [0.1, 0.15) is 17.5 Å². The molecule has 1 aromatic rings. The number of aliphatic hydroxyl groups excluding tert-OH is 2. The van der Waals surface area contributed by atoms with Gasteiger partial charge in [0.25, 0.3) is 0 Å². The van der Waals surface area contributed by atoms with Crippen LogP contribution in [0.15, 0.2) is 12.1 Å². The van der Waals surface area contributed by atoms with Crippen LogP contribution >= 0.6 is 0 Å². The summed E-state index contributed by atoms with van der Waals surface area (Å²) in [4.78, 5) is 1.96. The van der Waals surface area contributed by atoms with Crippen LogP contribution < -0.4 is 14.7 Å². The Kier molecular flexibility index (Phi) is 5.86. The molecule has 2 fully saturated rings. The predicted octanol–water partition coefficient (Wildman–Crippen LogP) is -0.646. The largest absolute Gasteiger partial charge is 0.536 e. The number of morpholine rings is 1. The number of ether oxygens (including phenoxy) is 2. The van der Waals surface area contributed by atoms with Crippen molar-refractivity contribution in [1.82, 2.24) is 10.2 Å². The fraction of sp³-hybridized carbons (Fsp3) is 0.667. The zero-order valence-electron chi connectivity index (χ0n) is 15.3. The second kappa shape index (κ2) is 8.34. The minimum Gasteiger partial charge on any atom is -0.536 e. The van der Waals surface area contributed by atoms with E-state index in [1.165, 1.54) is 0 Å². The molecule has 0 radical (unpaired) electrons. The highest BCUT2D eigenvalue weighted by molar-refractivity contribution is 6.44. The van der Waals surface area contributed by atoms with Crippen LogP contribution in [0, 0.1) is 0 Å². The number of nitrogens with one attached hydrogen (secondary N) is 1. The van der Waals surface area contributed by atoms with Gasteiger partial charge in [0.2, 0.25) is 0 Å². The SMILES string of the molecule is OCc1c(OC2CN(C(O)CC3CNCCO3)C2)ccc2c1OB(O)CC2. The Bertz CT molecular complexity index is 651. The Labute approximate surface area is 159 Å².